The number of aliphatic hydroxyl groups is 7. The summed E-state index contributed by atoms with van der Waals surface area (Å²) in [5, 5.41) is 89.4. The van der Waals surface area contributed by atoms with E-state index in [-0.39, 0.29) is 16.9 Å². The summed E-state index contributed by atoms with van der Waals surface area (Å²) in [4.78, 5) is 53.9. The second-order valence-corrected chi connectivity index (χ2v) is 13.6. The van der Waals surface area contributed by atoms with Gasteiger partial charge in [-0.15, -0.1) is 0 Å². The number of aromatic hydroxyl groups is 1. The number of carbonyl (C=O) groups is 4. The summed E-state index contributed by atoms with van der Waals surface area (Å²) in [6.07, 6.45) is -5.62. The van der Waals surface area contributed by atoms with E-state index in [1.54, 1.807) is 19.9 Å². The Bertz CT molecular complexity index is 1660. The number of Topliss-reactive ketones (excluding diaryl/α,β-unsaturated/α-hetero) is 2. The molecule has 9 N–H and O–H groups in total. The highest BCUT2D eigenvalue weighted by atomic mass is 16.8. The zero-order valence-corrected chi connectivity index (χ0v) is 28.7. The third-order valence-electron chi connectivity index (χ3n) is 10.1. The van der Waals surface area contributed by atoms with Crippen LogP contribution in [0.25, 0.3) is 0 Å². The van der Waals surface area contributed by atoms with Crippen molar-refractivity contribution < 1.29 is 69.5 Å². The maximum Gasteiger partial charge on any atom is 0.274 e. The lowest BCUT2D eigenvalue weighted by Gasteiger charge is -2.39. The number of hydrogen-bond acceptors (Lipinski definition) is 14. The Morgan fingerprint density at radius 1 is 0.820 bits per heavy atom. The second kappa shape index (κ2) is 14.4. The van der Waals surface area contributed by atoms with Gasteiger partial charge in [-0.1, -0.05) is 45.9 Å². The molecular formula is C35H45NO14. The lowest BCUT2D eigenvalue weighted by Crippen LogP contribution is -2.53. The van der Waals surface area contributed by atoms with Crippen LogP contribution in [-0.2, 0) is 9.53 Å². The van der Waals surface area contributed by atoms with Crippen LogP contribution in [0, 0.1) is 36.5 Å². The molecule has 1 aliphatic carbocycles. The summed E-state index contributed by atoms with van der Waals surface area (Å²) in [5.41, 5.74) is -2.16. The van der Waals surface area contributed by atoms with E-state index in [9.17, 15) is 60.0 Å². The number of ketones is 3. The molecule has 0 spiro atoms. The van der Waals surface area contributed by atoms with E-state index in [4.69, 9.17) is 9.47 Å². The number of phenols is 1. The first kappa shape index (κ1) is 39.0. The number of ether oxygens (including phenoxy) is 2. The van der Waals surface area contributed by atoms with E-state index < -0.39 is 124 Å². The standard InChI is InChI=1S/C35H45NO14/c1-12-9-8-10-13(2)32(45)36-18-11-19(37)20-21(29(18)43)28(42)17(6)30-22(20)31(44)35(7,49-30)50-34(48)23(33(46)47)27(41)16(5)26(40)15(4)25(39)14(3)24(12)38/h8-12,14-16,23-27,33-34,38-42,46-48H,1-7H3,(H,36,45)/b9-8+,13-10-/t12-,14+,15+,16-,23?,24-,25+,26-,27+,34?,35+/m0/s1. The van der Waals surface area contributed by atoms with Gasteiger partial charge in [-0.2, -0.15) is 0 Å². The molecule has 50 heavy (non-hydrogen) atoms. The number of phenolic OH excluding ortho intramolecular Hbond substituents is 1. The van der Waals surface area contributed by atoms with Crippen molar-refractivity contribution in [2.45, 2.75) is 91.2 Å². The highest BCUT2D eigenvalue weighted by Crippen LogP contribution is 2.48. The monoisotopic (exact) mass is 703 g/mol. The van der Waals surface area contributed by atoms with Crippen LogP contribution in [0.4, 0.5) is 0 Å². The highest BCUT2D eigenvalue weighted by Gasteiger charge is 2.54. The molecule has 15 heteroatoms. The molecule has 0 radical (unpaired) electrons. The third kappa shape index (κ3) is 6.79. The van der Waals surface area contributed by atoms with E-state index in [2.05, 4.69) is 5.32 Å². The molecule has 2 unspecified atom stereocenters. The maximum absolute atomic E-state index is 13.9. The molecule has 1 aromatic carbocycles. The predicted octanol–water partition coefficient (Wildman–Crippen LogP) is 0.137. The third-order valence-corrected chi connectivity index (χ3v) is 10.1. The number of hydrogen-bond donors (Lipinski definition) is 9. The van der Waals surface area contributed by atoms with E-state index in [1.165, 1.54) is 39.8 Å². The first-order chi connectivity index (χ1) is 23.2. The van der Waals surface area contributed by atoms with Crippen LogP contribution in [0.15, 0.2) is 35.6 Å². The predicted molar refractivity (Wildman–Crippen MR) is 173 cm³/mol. The minimum Gasteiger partial charge on any atom is -0.507 e. The fraction of sp³-hybridized carbons (Fsp3) is 0.543. The number of benzene rings is 1. The van der Waals surface area contributed by atoms with E-state index in [0.717, 1.165) is 13.0 Å². The normalized spacial score (nSPS) is 37.6. The molecule has 11 atom stereocenters. The fourth-order valence-corrected chi connectivity index (χ4v) is 6.67. The summed E-state index contributed by atoms with van der Waals surface area (Å²) in [7, 11) is 0. The van der Waals surface area contributed by atoms with Crippen LogP contribution in [0.3, 0.4) is 0 Å². The number of nitrogens with one attached hydrogen (secondary N) is 1. The smallest absolute Gasteiger partial charge is 0.274 e. The molecule has 1 amide bonds. The molecule has 3 aliphatic heterocycles. The van der Waals surface area contributed by atoms with Crippen LogP contribution in [0.1, 0.15) is 78.2 Å². The summed E-state index contributed by atoms with van der Waals surface area (Å²) >= 11 is 0. The number of fused-ring (bicyclic) bond motifs is 15. The zero-order chi connectivity index (χ0) is 37.7. The molecule has 15 nitrogen and oxygen atoms in total. The van der Waals surface area contributed by atoms with Crippen LogP contribution in [0.5, 0.6) is 11.5 Å². The number of amides is 1. The molecule has 5 rings (SSSR count). The van der Waals surface area contributed by atoms with Gasteiger partial charge in [0.05, 0.1) is 52.7 Å². The number of carbonyl (C=O) groups excluding carboxylic acids is 4. The number of allylic oxidation sites excluding steroid dienone is 4. The van der Waals surface area contributed by atoms with Crippen molar-refractivity contribution in [3.8, 4) is 11.5 Å². The molecule has 4 aliphatic rings. The number of rotatable bonds is 1. The van der Waals surface area contributed by atoms with Crippen molar-refractivity contribution in [3.63, 3.8) is 0 Å². The second-order valence-electron chi connectivity index (χ2n) is 13.6. The highest BCUT2D eigenvalue weighted by molar-refractivity contribution is 6.30. The Morgan fingerprint density at radius 2 is 1.38 bits per heavy atom. The van der Waals surface area contributed by atoms with Crippen molar-refractivity contribution in [2.24, 2.45) is 29.6 Å². The van der Waals surface area contributed by atoms with Crippen molar-refractivity contribution in [1.82, 2.24) is 5.32 Å². The van der Waals surface area contributed by atoms with Crippen molar-refractivity contribution in [3.05, 3.63) is 57.8 Å². The summed E-state index contributed by atoms with van der Waals surface area (Å²) in [6.45, 7) is 9.72. The van der Waals surface area contributed by atoms with Crippen molar-refractivity contribution in [2.75, 3.05) is 0 Å². The first-order valence-corrected chi connectivity index (χ1v) is 16.2. The van der Waals surface area contributed by atoms with Gasteiger partial charge in [0.15, 0.2) is 18.4 Å². The Balaban J connectivity index is 1.84. The number of aliphatic hydroxyl groups excluding tert-OH is 6. The largest absolute Gasteiger partial charge is 0.507 e. The minimum absolute atomic E-state index is 0.0948. The lowest BCUT2D eigenvalue weighted by molar-refractivity contribution is -0.288. The van der Waals surface area contributed by atoms with Gasteiger partial charge in [0.2, 0.25) is 11.6 Å². The Labute approximate surface area is 288 Å². The maximum atomic E-state index is 13.9. The molecule has 1 aromatic rings. The van der Waals surface area contributed by atoms with Gasteiger partial charge in [-0.05, 0) is 13.8 Å². The van der Waals surface area contributed by atoms with Gasteiger partial charge in [-0.25, -0.2) is 0 Å². The van der Waals surface area contributed by atoms with Gasteiger partial charge in [0.1, 0.15) is 11.5 Å². The Morgan fingerprint density at radius 3 is 1.96 bits per heavy atom. The van der Waals surface area contributed by atoms with Crippen LogP contribution in [0.2, 0.25) is 0 Å². The van der Waals surface area contributed by atoms with Crippen LogP contribution in [-0.4, -0.2) is 107 Å². The molecule has 0 saturated carbocycles. The SMILES string of the molecule is C/C1=C/C=C/[C@H](C)[C@H](O)[C@@H](C)[C@@H](O)[C@@H](C)[C@H](O)[C@H](C)[C@@H](O)C(C(O)O)C(O)O[C@@]2(C)Oc3c(C)c(O)c4c(c3C2=O)C(=O)C=C(NC1=O)C4=O. The van der Waals surface area contributed by atoms with Crippen molar-refractivity contribution in [1.29, 1.82) is 0 Å². The quantitative estimate of drug-likeness (QED) is 0.176. The van der Waals surface area contributed by atoms with Gasteiger partial charge in [0.25, 0.3) is 11.7 Å². The van der Waals surface area contributed by atoms with Gasteiger partial charge < -0.3 is 55.6 Å². The van der Waals surface area contributed by atoms with Gasteiger partial charge in [0, 0.05) is 47.8 Å². The summed E-state index contributed by atoms with van der Waals surface area (Å²) in [6, 6.07) is 0. The Hall–Kier alpha value is -3.80. The topological polar surface area (TPSA) is 261 Å². The fourth-order valence-electron chi connectivity index (χ4n) is 6.67. The molecule has 0 saturated heterocycles. The average molecular weight is 704 g/mol. The van der Waals surface area contributed by atoms with E-state index in [0.29, 0.717) is 0 Å². The molecule has 274 valence electrons. The molecule has 0 fully saturated rings. The summed E-state index contributed by atoms with van der Waals surface area (Å²) < 4.78 is 11.2. The molecule has 5 bridgehead atoms. The summed E-state index contributed by atoms with van der Waals surface area (Å²) in [5.74, 6) is -13.1. The average Bonchev–Trinajstić information content (AvgIpc) is 3.31. The molecule has 0 aromatic heterocycles. The van der Waals surface area contributed by atoms with E-state index >= 15 is 0 Å². The Kier molecular flexibility index (Phi) is 11.3. The zero-order valence-electron chi connectivity index (χ0n) is 28.7. The molecule has 3 heterocycles. The van der Waals surface area contributed by atoms with Gasteiger partial charge >= 0.3 is 0 Å². The van der Waals surface area contributed by atoms with Crippen molar-refractivity contribution >= 4 is 23.3 Å². The lowest BCUT2D eigenvalue weighted by atomic mass is 9.76. The molecular weight excluding hydrogens is 658 g/mol. The minimum atomic E-state index is -2.50. The van der Waals surface area contributed by atoms with Crippen LogP contribution >= 0.6 is 0 Å². The first-order valence-electron chi connectivity index (χ1n) is 16.2. The van der Waals surface area contributed by atoms with E-state index in [1.807, 2.05) is 0 Å². The van der Waals surface area contributed by atoms with Gasteiger partial charge in [-0.3, -0.25) is 19.2 Å². The van der Waals surface area contributed by atoms with Crippen LogP contribution < -0.4 is 10.1 Å².